The van der Waals surface area contributed by atoms with Crippen molar-refractivity contribution in [1.29, 1.82) is 0 Å². The second-order valence-corrected chi connectivity index (χ2v) is 8.93. The minimum Gasteiger partial charge on any atom is -0.338 e. The summed E-state index contributed by atoms with van der Waals surface area (Å²) in [6, 6.07) is 6.26. The maximum Gasteiger partial charge on any atom is 0.289 e. The first-order chi connectivity index (χ1) is 12.3. The topological polar surface area (TPSA) is 104 Å². The van der Waals surface area contributed by atoms with E-state index in [0.717, 1.165) is 17.3 Å². The summed E-state index contributed by atoms with van der Waals surface area (Å²) < 4.78 is 26.8. The zero-order valence-corrected chi connectivity index (χ0v) is 15.8. The Morgan fingerprint density at radius 3 is 2.65 bits per heavy atom. The molecule has 0 bridgehead atoms. The van der Waals surface area contributed by atoms with Crippen LogP contribution in [0, 0.1) is 6.92 Å². The van der Waals surface area contributed by atoms with Gasteiger partial charge in [-0.1, -0.05) is 23.9 Å². The highest BCUT2D eigenvalue weighted by molar-refractivity contribution is 8.14. The van der Waals surface area contributed by atoms with Crippen molar-refractivity contribution in [1.82, 2.24) is 14.5 Å². The fraction of sp³-hybridized carbons (Fsp3) is 0.438. The smallest absolute Gasteiger partial charge is 0.289 e. The fourth-order valence-corrected chi connectivity index (χ4v) is 4.77. The van der Waals surface area contributed by atoms with Gasteiger partial charge in [0.05, 0.1) is 16.7 Å². The van der Waals surface area contributed by atoms with Crippen LogP contribution in [0.25, 0.3) is 0 Å². The summed E-state index contributed by atoms with van der Waals surface area (Å²) in [5.74, 6) is -0.271. The van der Waals surface area contributed by atoms with Gasteiger partial charge in [0.1, 0.15) is 0 Å². The highest BCUT2D eigenvalue weighted by atomic mass is 32.2. The molecule has 10 heteroatoms. The number of nitrogens with one attached hydrogen (secondary N) is 1. The molecule has 1 aromatic rings. The van der Waals surface area contributed by atoms with Crippen molar-refractivity contribution in [2.45, 2.75) is 24.3 Å². The van der Waals surface area contributed by atoms with Gasteiger partial charge in [0, 0.05) is 26.1 Å². The van der Waals surface area contributed by atoms with Crippen molar-refractivity contribution >= 4 is 38.8 Å². The van der Waals surface area contributed by atoms with Crippen LogP contribution in [0.5, 0.6) is 0 Å². The average molecular weight is 397 g/mol. The van der Waals surface area contributed by atoms with E-state index in [1.807, 2.05) is 0 Å². The van der Waals surface area contributed by atoms with Crippen molar-refractivity contribution in [3.05, 3.63) is 29.8 Å². The van der Waals surface area contributed by atoms with Crippen LogP contribution < -0.4 is 4.72 Å². The zero-order chi connectivity index (χ0) is 18.9. The minimum atomic E-state index is -3.65. The highest BCUT2D eigenvalue weighted by Gasteiger charge is 2.43. The third-order valence-corrected chi connectivity index (χ3v) is 6.59. The number of likely N-dealkylation sites (tertiary alicyclic amines) is 1. The van der Waals surface area contributed by atoms with Crippen LogP contribution in [-0.2, 0) is 19.6 Å². The van der Waals surface area contributed by atoms with E-state index < -0.39 is 10.0 Å². The molecule has 3 rings (SSSR count). The van der Waals surface area contributed by atoms with Gasteiger partial charge in [0.25, 0.3) is 5.24 Å². The number of rotatable bonds is 6. The Kier molecular flexibility index (Phi) is 5.35. The van der Waals surface area contributed by atoms with Crippen LogP contribution in [0.1, 0.15) is 12.0 Å². The van der Waals surface area contributed by atoms with Crippen LogP contribution in [-0.4, -0.2) is 66.7 Å². The third-order valence-electron chi connectivity index (χ3n) is 4.30. The van der Waals surface area contributed by atoms with Gasteiger partial charge in [-0.15, -0.1) is 0 Å². The molecule has 0 aromatic heterocycles. The molecule has 2 fully saturated rings. The first-order valence-corrected chi connectivity index (χ1v) is 10.6. The van der Waals surface area contributed by atoms with Gasteiger partial charge in [-0.25, -0.2) is 13.1 Å². The van der Waals surface area contributed by atoms with E-state index in [4.69, 9.17) is 0 Å². The number of hydrogen-bond acceptors (Lipinski definition) is 6. The van der Waals surface area contributed by atoms with Crippen LogP contribution in [0.3, 0.4) is 0 Å². The van der Waals surface area contributed by atoms with E-state index in [1.54, 1.807) is 25.1 Å². The Morgan fingerprint density at radius 1 is 1.31 bits per heavy atom. The standard InChI is InChI=1S/C16H19N3O5S2/c1-11-3-2-4-13(7-11)26(23,24)17-6-5-14(20)18-8-12(9-18)19-15(21)10-25-16(19)22/h2-4,7,12,17H,5-6,8-10H2,1H3. The minimum absolute atomic E-state index is 0.00625. The second kappa shape index (κ2) is 7.37. The number of amides is 3. The molecular weight excluding hydrogens is 378 g/mol. The number of carbonyl (C=O) groups excluding carboxylic acids is 3. The number of aryl methyl sites for hydroxylation is 1. The molecule has 0 spiro atoms. The molecule has 1 N–H and O–H groups in total. The van der Waals surface area contributed by atoms with Crippen LogP contribution >= 0.6 is 11.8 Å². The van der Waals surface area contributed by atoms with Crippen molar-refractivity contribution in [2.24, 2.45) is 0 Å². The number of sulfonamides is 1. The highest BCUT2D eigenvalue weighted by Crippen LogP contribution is 2.26. The molecule has 0 radical (unpaired) electrons. The first kappa shape index (κ1) is 18.9. The normalized spacial score (nSPS) is 18.3. The maximum atomic E-state index is 12.2. The number of thioether (sulfide) groups is 1. The van der Waals surface area contributed by atoms with Gasteiger partial charge < -0.3 is 4.90 Å². The van der Waals surface area contributed by atoms with E-state index in [9.17, 15) is 22.8 Å². The molecule has 2 aliphatic heterocycles. The largest absolute Gasteiger partial charge is 0.338 e. The van der Waals surface area contributed by atoms with Gasteiger partial charge in [-0.05, 0) is 24.6 Å². The van der Waals surface area contributed by atoms with Gasteiger partial charge in [-0.3, -0.25) is 19.3 Å². The lowest BCUT2D eigenvalue weighted by Gasteiger charge is -2.42. The van der Waals surface area contributed by atoms with E-state index in [1.165, 1.54) is 15.9 Å². The lowest BCUT2D eigenvalue weighted by molar-refractivity contribution is -0.141. The van der Waals surface area contributed by atoms with Gasteiger partial charge in [0.15, 0.2) is 0 Å². The van der Waals surface area contributed by atoms with E-state index >= 15 is 0 Å². The Morgan fingerprint density at radius 2 is 2.04 bits per heavy atom. The number of nitrogens with zero attached hydrogens (tertiary/aromatic N) is 2. The summed E-state index contributed by atoms with van der Waals surface area (Å²) in [4.78, 5) is 38.3. The number of benzene rings is 1. The zero-order valence-electron chi connectivity index (χ0n) is 14.2. The van der Waals surface area contributed by atoms with E-state index in [0.29, 0.717) is 13.1 Å². The Hall–Kier alpha value is -1.91. The van der Waals surface area contributed by atoms with Crippen LogP contribution in [0.15, 0.2) is 29.2 Å². The SMILES string of the molecule is Cc1cccc(S(=O)(=O)NCCC(=O)N2CC(N3C(=O)CSC3=O)C2)c1. The Labute approximate surface area is 156 Å². The van der Waals surface area contributed by atoms with Gasteiger partial charge >= 0.3 is 0 Å². The molecule has 2 heterocycles. The monoisotopic (exact) mass is 397 g/mol. The predicted molar refractivity (Wildman–Crippen MR) is 96.1 cm³/mol. The number of imide groups is 1. The number of carbonyl (C=O) groups is 3. The molecule has 2 saturated heterocycles. The quantitative estimate of drug-likeness (QED) is 0.753. The lowest BCUT2D eigenvalue weighted by atomic mass is 10.1. The maximum absolute atomic E-state index is 12.2. The molecule has 1 aromatic carbocycles. The predicted octanol–water partition coefficient (Wildman–Crippen LogP) is 0.570. The lowest BCUT2D eigenvalue weighted by Crippen LogP contribution is -2.62. The fourth-order valence-electron chi connectivity index (χ4n) is 2.86. The van der Waals surface area contributed by atoms with Crippen molar-refractivity contribution in [3.8, 4) is 0 Å². The van der Waals surface area contributed by atoms with Crippen LogP contribution in [0.2, 0.25) is 0 Å². The average Bonchev–Trinajstić information content (AvgIpc) is 2.86. The molecule has 140 valence electrons. The summed E-state index contributed by atoms with van der Waals surface area (Å²) in [5, 5.41) is -0.266. The summed E-state index contributed by atoms with van der Waals surface area (Å²) in [6.07, 6.45) is 0.0222. The second-order valence-electron chi connectivity index (χ2n) is 6.24. The van der Waals surface area contributed by atoms with E-state index in [2.05, 4.69) is 4.72 Å². The summed E-state index contributed by atoms with van der Waals surface area (Å²) >= 11 is 0.973. The van der Waals surface area contributed by atoms with Gasteiger partial charge in [-0.2, -0.15) is 0 Å². The molecule has 0 atom stereocenters. The third kappa shape index (κ3) is 3.92. The van der Waals surface area contributed by atoms with Crippen molar-refractivity contribution < 1.29 is 22.8 Å². The molecule has 26 heavy (non-hydrogen) atoms. The molecule has 0 saturated carbocycles. The summed E-state index contributed by atoms with van der Waals surface area (Å²) in [5.41, 5.74) is 0.833. The molecule has 8 nitrogen and oxygen atoms in total. The Balaban J connectivity index is 1.45. The molecule has 0 unspecified atom stereocenters. The molecule has 2 aliphatic rings. The molecule has 0 aliphatic carbocycles. The Bertz CT molecular complexity index is 833. The number of hydrogen-bond donors (Lipinski definition) is 1. The molecular formula is C16H19N3O5S2. The van der Waals surface area contributed by atoms with Gasteiger partial charge in [0.2, 0.25) is 21.8 Å². The summed E-state index contributed by atoms with van der Waals surface area (Å²) in [7, 11) is -3.65. The van der Waals surface area contributed by atoms with Crippen molar-refractivity contribution in [3.63, 3.8) is 0 Å². The summed E-state index contributed by atoms with van der Waals surface area (Å²) in [6.45, 7) is 2.41. The first-order valence-electron chi connectivity index (χ1n) is 8.11. The van der Waals surface area contributed by atoms with E-state index in [-0.39, 0.29) is 46.7 Å². The van der Waals surface area contributed by atoms with Crippen molar-refractivity contribution in [2.75, 3.05) is 25.4 Å². The van der Waals surface area contributed by atoms with Crippen LogP contribution in [0.4, 0.5) is 4.79 Å². The molecule has 3 amide bonds.